The minimum Gasteiger partial charge on any atom is -0.489 e. The van der Waals surface area contributed by atoms with Crippen molar-refractivity contribution in [2.75, 3.05) is 6.54 Å². The van der Waals surface area contributed by atoms with Crippen molar-refractivity contribution in [3.05, 3.63) is 137 Å². The van der Waals surface area contributed by atoms with E-state index in [1.165, 1.54) is 34.2 Å². The summed E-state index contributed by atoms with van der Waals surface area (Å²) in [4.78, 5) is 15.2. The number of benzene rings is 4. The number of H-pyrrole nitrogens is 1. The number of hydrogen-bond acceptors (Lipinski definition) is 4. The molecule has 1 heterocycles. The minimum absolute atomic E-state index is 0.222. The van der Waals surface area contributed by atoms with Crippen molar-refractivity contribution in [1.82, 2.24) is 10.3 Å². The van der Waals surface area contributed by atoms with E-state index in [0.717, 1.165) is 54.7 Å². The molecule has 0 spiro atoms. The lowest BCUT2D eigenvalue weighted by molar-refractivity contribution is -0.130. The topological polar surface area (TPSA) is 89.4 Å². The summed E-state index contributed by atoms with van der Waals surface area (Å²) in [5, 5.41) is 4.74. The normalized spacial score (nSPS) is 11.9. The second-order valence-electron chi connectivity index (χ2n) is 10.8. The first-order valence-corrected chi connectivity index (χ1v) is 14.7. The van der Waals surface area contributed by atoms with E-state index in [1.54, 1.807) is 12.1 Å². The van der Waals surface area contributed by atoms with E-state index in [-0.39, 0.29) is 12.4 Å². The number of amides is 1. The van der Waals surface area contributed by atoms with Crippen molar-refractivity contribution in [1.29, 1.82) is 0 Å². The predicted molar refractivity (Wildman–Crippen MR) is 168 cm³/mol. The first-order chi connectivity index (χ1) is 21.0. The summed E-state index contributed by atoms with van der Waals surface area (Å²) in [6.07, 6.45) is 4.46. The Labute approximate surface area is 252 Å². The number of carbonyl (C=O) groups is 1. The zero-order valence-electron chi connectivity index (χ0n) is 24.2. The number of nitrogens with two attached hydrogens (primary N) is 1. The van der Waals surface area contributed by atoms with Gasteiger partial charge in [0.15, 0.2) is 0 Å². The molecule has 1 amide bonds. The standard InChI is InChI=1S/C36H38FN3O3/c37-31-15-13-29(14-16-31)25-43-35(36(38)41)8-4-7-26-9-11-27(12-10-26)22-39-20-19-30-23-40-34-18-17-32(21-33(30)34)42-24-28-5-2-1-3-6-28/h1-3,5-6,9-18,21,23,35,39-40H,4,7-8,19-20,22,24-25H2,(H2,38,41). The molecule has 222 valence electrons. The van der Waals surface area contributed by atoms with Gasteiger partial charge in [-0.3, -0.25) is 4.79 Å². The molecule has 0 saturated carbocycles. The van der Waals surface area contributed by atoms with Gasteiger partial charge in [-0.25, -0.2) is 4.39 Å². The highest BCUT2D eigenvalue weighted by atomic mass is 19.1. The highest BCUT2D eigenvalue weighted by Gasteiger charge is 2.16. The number of hydrogen-bond donors (Lipinski definition) is 3. The van der Waals surface area contributed by atoms with Gasteiger partial charge in [-0.05, 0) is 90.4 Å². The molecule has 1 atom stereocenters. The van der Waals surface area contributed by atoms with E-state index >= 15 is 0 Å². The van der Waals surface area contributed by atoms with Crippen LogP contribution in [0.3, 0.4) is 0 Å². The molecular weight excluding hydrogens is 541 g/mol. The lowest BCUT2D eigenvalue weighted by Gasteiger charge is -2.15. The van der Waals surface area contributed by atoms with E-state index in [0.29, 0.717) is 13.0 Å². The molecule has 43 heavy (non-hydrogen) atoms. The van der Waals surface area contributed by atoms with Crippen molar-refractivity contribution in [3.63, 3.8) is 0 Å². The van der Waals surface area contributed by atoms with Crippen LogP contribution in [-0.4, -0.2) is 23.5 Å². The van der Waals surface area contributed by atoms with Crippen LogP contribution in [0.4, 0.5) is 4.39 Å². The maximum atomic E-state index is 13.1. The van der Waals surface area contributed by atoms with Crippen LogP contribution in [0.2, 0.25) is 0 Å². The first kappa shape index (κ1) is 30.0. The van der Waals surface area contributed by atoms with Crippen molar-refractivity contribution >= 4 is 16.8 Å². The Kier molecular flexibility index (Phi) is 10.6. The monoisotopic (exact) mass is 579 g/mol. The van der Waals surface area contributed by atoms with Crippen LogP contribution in [0.25, 0.3) is 10.9 Å². The van der Waals surface area contributed by atoms with E-state index < -0.39 is 12.0 Å². The van der Waals surface area contributed by atoms with Gasteiger partial charge in [0.25, 0.3) is 0 Å². The Morgan fingerprint density at radius 3 is 2.33 bits per heavy atom. The van der Waals surface area contributed by atoms with Crippen LogP contribution in [0, 0.1) is 5.82 Å². The van der Waals surface area contributed by atoms with Gasteiger partial charge >= 0.3 is 0 Å². The van der Waals surface area contributed by atoms with Crippen LogP contribution < -0.4 is 15.8 Å². The number of ether oxygens (including phenoxy) is 2. The molecule has 5 aromatic rings. The largest absolute Gasteiger partial charge is 0.489 e. The third-order valence-electron chi connectivity index (χ3n) is 7.52. The van der Waals surface area contributed by atoms with E-state index in [1.807, 2.05) is 24.3 Å². The number of carbonyl (C=O) groups excluding carboxylic acids is 1. The molecule has 0 saturated heterocycles. The lowest BCUT2D eigenvalue weighted by atomic mass is 10.0. The molecule has 4 aromatic carbocycles. The molecule has 0 radical (unpaired) electrons. The number of rotatable bonds is 16. The van der Waals surface area contributed by atoms with E-state index in [2.05, 4.69) is 65.0 Å². The van der Waals surface area contributed by atoms with Gasteiger partial charge in [0.05, 0.1) is 6.61 Å². The lowest BCUT2D eigenvalue weighted by Crippen LogP contribution is -2.31. The van der Waals surface area contributed by atoms with Gasteiger partial charge in [-0.15, -0.1) is 0 Å². The van der Waals surface area contributed by atoms with Crippen LogP contribution in [0.1, 0.15) is 40.7 Å². The fraction of sp³-hybridized carbons (Fsp3) is 0.250. The zero-order chi connectivity index (χ0) is 29.9. The Balaban J connectivity index is 1.03. The van der Waals surface area contributed by atoms with Crippen LogP contribution in [0.5, 0.6) is 5.75 Å². The van der Waals surface area contributed by atoms with E-state index in [9.17, 15) is 9.18 Å². The van der Waals surface area contributed by atoms with Crippen molar-refractivity contribution in [2.45, 2.75) is 51.5 Å². The Morgan fingerprint density at radius 1 is 0.837 bits per heavy atom. The highest BCUT2D eigenvalue weighted by molar-refractivity contribution is 5.84. The number of nitrogens with one attached hydrogen (secondary N) is 2. The summed E-state index contributed by atoms with van der Waals surface area (Å²) in [7, 11) is 0. The molecule has 1 unspecified atom stereocenters. The van der Waals surface area contributed by atoms with Crippen LogP contribution in [-0.2, 0) is 42.1 Å². The summed E-state index contributed by atoms with van der Waals surface area (Å²) >= 11 is 0. The van der Waals surface area contributed by atoms with Crippen molar-refractivity contribution in [3.8, 4) is 5.75 Å². The average molecular weight is 580 g/mol. The van der Waals surface area contributed by atoms with Gasteiger partial charge in [0.1, 0.15) is 24.3 Å². The number of halogens is 1. The second-order valence-corrected chi connectivity index (χ2v) is 10.8. The first-order valence-electron chi connectivity index (χ1n) is 14.7. The summed E-state index contributed by atoms with van der Waals surface area (Å²) < 4.78 is 24.8. The van der Waals surface area contributed by atoms with Crippen LogP contribution >= 0.6 is 0 Å². The molecule has 6 nitrogen and oxygen atoms in total. The van der Waals surface area contributed by atoms with Gasteiger partial charge in [-0.1, -0.05) is 66.7 Å². The zero-order valence-corrected chi connectivity index (χ0v) is 24.2. The third-order valence-corrected chi connectivity index (χ3v) is 7.52. The summed E-state index contributed by atoms with van der Waals surface area (Å²) in [6.45, 7) is 2.42. The molecule has 5 rings (SSSR count). The fourth-order valence-corrected chi connectivity index (χ4v) is 5.05. The average Bonchev–Trinajstić information content (AvgIpc) is 3.44. The van der Waals surface area contributed by atoms with E-state index in [4.69, 9.17) is 15.2 Å². The fourth-order valence-electron chi connectivity index (χ4n) is 5.05. The third kappa shape index (κ3) is 9.01. The number of fused-ring (bicyclic) bond motifs is 1. The minimum atomic E-state index is -0.668. The highest BCUT2D eigenvalue weighted by Crippen LogP contribution is 2.25. The molecule has 0 bridgehead atoms. The van der Waals surface area contributed by atoms with Crippen molar-refractivity contribution < 1.29 is 18.7 Å². The number of aromatic amines is 1. The Hall–Kier alpha value is -4.46. The molecule has 0 aliphatic carbocycles. The van der Waals surface area contributed by atoms with Crippen molar-refractivity contribution in [2.24, 2.45) is 5.73 Å². The number of primary amides is 1. The molecule has 7 heteroatoms. The predicted octanol–water partition coefficient (Wildman–Crippen LogP) is 6.61. The Morgan fingerprint density at radius 2 is 1.56 bits per heavy atom. The maximum Gasteiger partial charge on any atom is 0.246 e. The maximum absolute atomic E-state index is 13.1. The Bertz CT molecular complexity index is 1580. The molecule has 4 N–H and O–H groups in total. The quantitative estimate of drug-likeness (QED) is 0.115. The van der Waals surface area contributed by atoms with Gasteiger partial charge in [0, 0.05) is 23.6 Å². The molecule has 0 aliphatic rings. The summed E-state index contributed by atoms with van der Waals surface area (Å²) in [5.74, 6) is 0.0863. The molecular formula is C36H38FN3O3. The van der Waals surface area contributed by atoms with Gasteiger partial charge < -0.3 is 25.5 Å². The smallest absolute Gasteiger partial charge is 0.246 e. The molecule has 0 aliphatic heterocycles. The van der Waals surface area contributed by atoms with Gasteiger partial charge in [0.2, 0.25) is 5.91 Å². The molecule has 0 fully saturated rings. The SMILES string of the molecule is NC(=O)C(CCCc1ccc(CNCCc2c[nH]c3ccc(OCc4ccccc4)cc23)cc1)OCc1ccc(F)cc1. The summed E-state index contributed by atoms with van der Waals surface area (Å²) in [5.41, 5.74) is 12.3. The number of aromatic nitrogens is 1. The van der Waals surface area contributed by atoms with Gasteiger partial charge in [-0.2, -0.15) is 0 Å². The van der Waals surface area contributed by atoms with Crippen LogP contribution in [0.15, 0.2) is 103 Å². The molecule has 1 aromatic heterocycles. The summed E-state index contributed by atoms with van der Waals surface area (Å²) in [6, 6.07) is 31.0. The second kappa shape index (κ2) is 15.1. The number of aryl methyl sites for hydroxylation is 1.